The van der Waals surface area contributed by atoms with Gasteiger partial charge in [0.25, 0.3) is 11.5 Å². The zero-order chi connectivity index (χ0) is 29.4. The van der Waals surface area contributed by atoms with Crippen LogP contribution in [0.4, 0.5) is 5.82 Å². The molecule has 41 heavy (non-hydrogen) atoms. The van der Waals surface area contributed by atoms with Gasteiger partial charge in [0.2, 0.25) is 5.91 Å². The number of piperidine rings is 1. The zero-order valence-corrected chi connectivity index (χ0v) is 26.0. The summed E-state index contributed by atoms with van der Waals surface area (Å²) in [6, 6.07) is 3.74. The van der Waals surface area contributed by atoms with Gasteiger partial charge in [-0.3, -0.25) is 23.7 Å². The molecule has 0 aromatic carbocycles. The number of hydrogen-bond acceptors (Lipinski definition) is 7. The number of thiocarbonyl (C=S) groups is 1. The predicted molar refractivity (Wildman–Crippen MR) is 172 cm³/mol. The van der Waals surface area contributed by atoms with Gasteiger partial charge in [-0.2, -0.15) is 0 Å². The van der Waals surface area contributed by atoms with Gasteiger partial charge in [0.1, 0.15) is 15.8 Å². The Morgan fingerprint density at radius 3 is 2.34 bits per heavy atom. The van der Waals surface area contributed by atoms with Gasteiger partial charge in [-0.1, -0.05) is 94.8 Å². The van der Waals surface area contributed by atoms with E-state index in [-0.39, 0.29) is 23.3 Å². The molecule has 222 valence electrons. The van der Waals surface area contributed by atoms with E-state index in [1.54, 1.807) is 17.2 Å². The van der Waals surface area contributed by atoms with Crippen LogP contribution in [-0.4, -0.2) is 50.1 Å². The van der Waals surface area contributed by atoms with E-state index >= 15 is 0 Å². The second kappa shape index (κ2) is 15.0. The summed E-state index contributed by atoms with van der Waals surface area (Å²) in [6.45, 7) is 5.87. The third kappa shape index (κ3) is 7.77. The van der Waals surface area contributed by atoms with Gasteiger partial charge in [-0.15, -0.1) is 0 Å². The van der Waals surface area contributed by atoms with Crippen LogP contribution in [0.15, 0.2) is 28.0 Å². The Bertz CT molecular complexity index is 1350. The summed E-state index contributed by atoms with van der Waals surface area (Å²) in [6.07, 6.45) is 16.9. The first-order chi connectivity index (χ1) is 19.8. The molecule has 0 unspecified atom stereocenters. The molecule has 2 aliphatic heterocycles. The standard InChI is InChI=1S/C31H43N5O3S2/c1-3-4-5-6-7-8-9-10-11-12-17-36-30(39)25(41-31(36)40)21-24-28(34-19-15-23(16-20-34)26(32)37)33-27-22(2)14-13-18-35(27)29(24)38/h13-14,18,21,23H,3-12,15-17,19-20H2,1-2H3,(H2,32,37). The van der Waals surface area contributed by atoms with Gasteiger partial charge in [0, 0.05) is 31.7 Å². The van der Waals surface area contributed by atoms with Crippen LogP contribution in [0.1, 0.15) is 95.1 Å². The quantitative estimate of drug-likeness (QED) is 0.166. The van der Waals surface area contributed by atoms with E-state index in [1.165, 1.54) is 67.5 Å². The number of hydrogen-bond donors (Lipinski definition) is 1. The van der Waals surface area contributed by atoms with E-state index in [9.17, 15) is 14.4 Å². The van der Waals surface area contributed by atoms with Crippen LogP contribution in [0.5, 0.6) is 0 Å². The summed E-state index contributed by atoms with van der Waals surface area (Å²) in [7, 11) is 0. The molecule has 2 amide bonds. The molecule has 2 saturated heterocycles. The highest BCUT2D eigenvalue weighted by atomic mass is 32.2. The number of primary amides is 1. The summed E-state index contributed by atoms with van der Waals surface area (Å²) in [4.78, 5) is 47.9. The van der Waals surface area contributed by atoms with Crippen LogP contribution < -0.4 is 16.2 Å². The van der Waals surface area contributed by atoms with E-state index in [0.717, 1.165) is 18.4 Å². The molecule has 0 saturated carbocycles. The molecule has 2 aromatic rings. The molecule has 10 heteroatoms. The molecule has 0 atom stereocenters. The van der Waals surface area contributed by atoms with Crippen molar-refractivity contribution in [2.24, 2.45) is 11.7 Å². The van der Waals surface area contributed by atoms with Gasteiger partial charge in [-0.05, 0) is 43.9 Å². The first-order valence-corrected chi connectivity index (χ1v) is 16.4. The fourth-order valence-corrected chi connectivity index (χ4v) is 6.92. The van der Waals surface area contributed by atoms with Gasteiger partial charge >= 0.3 is 0 Å². The van der Waals surface area contributed by atoms with Crippen LogP contribution in [-0.2, 0) is 9.59 Å². The molecule has 0 bridgehead atoms. The number of carbonyl (C=O) groups is 2. The van der Waals surface area contributed by atoms with Crippen LogP contribution in [0.3, 0.4) is 0 Å². The van der Waals surface area contributed by atoms with E-state index in [1.807, 2.05) is 24.0 Å². The fraction of sp³-hybridized carbons (Fsp3) is 0.581. The van der Waals surface area contributed by atoms with Crippen molar-refractivity contribution in [3.8, 4) is 0 Å². The minimum atomic E-state index is -0.293. The smallest absolute Gasteiger partial charge is 0.267 e. The highest BCUT2D eigenvalue weighted by molar-refractivity contribution is 8.26. The van der Waals surface area contributed by atoms with Crippen molar-refractivity contribution in [2.75, 3.05) is 24.5 Å². The fourth-order valence-electron chi connectivity index (χ4n) is 5.62. The Kier molecular flexibility index (Phi) is 11.4. The van der Waals surface area contributed by atoms with Crippen molar-refractivity contribution < 1.29 is 9.59 Å². The van der Waals surface area contributed by atoms with Gasteiger partial charge in [0.15, 0.2) is 0 Å². The van der Waals surface area contributed by atoms with Crippen molar-refractivity contribution in [3.05, 3.63) is 44.7 Å². The molecule has 0 aliphatic carbocycles. The number of fused-ring (bicyclic) bond motifs is 1. The van der Waals surface area contributed by atoms with Crippen molar-refractivity contribution in [1.29, 1.82) is 0 Å². The van der Waals surface area contributed by atoms with Crippen LogP contribution >= 0.6 is 24.0 Å². The Balaban J connectivity index is 1.46. The number of rotatable bonds is 14. The number of pyridine rings is 1. The lowest BCUT2D eigenvalue weighted by Crippen LogP contribution is -2.40. The third-order valence-corrected chi connectivity index (χ3v) is 9.52. The van der Waals surface area contributed by atoms with E-state index in [2.05, 4.69) is 6.92 Å². The Labute approximate surface area is 252 Å². The zero-order valence-electron chi connectivity index (χ0n) is 24.4. The molecule has 2 aliphatic rings. The topological polar surface area (TPSA) is 101 Å². The summed E-state index contributed by atoms with van der Waals surface area (Å²) >= 11 is 6.83. The normalized spacial score (nSPS) is 17.4. The van der Waals surface area contributed by atoms with Crippen molar-refractivity contribution in [3.63, 3.8) is 0 Å². The highest BCUT2D eigenvalue weighted by Gasteiger charge is 2.33. The molecule has 2 aromatic heterocycles. The second-order valence-electron chi connectivity index (χ2n) is 11.2. The van der Waals surface area contributed by atoms with Crippen molar-refractivity contribution in [1.82, 2.24) is 14.3 Å². The minimum Gasteiger partial charge on any atom is -0.369 e. The third-order valence-electron chi connectivity index (χ3n) is 8.15. The number of nitrogens with zero attached hydrogens (tertiary/aromatic N) is 4. The number of aryl methyl sites for hydroxylation is 1. The highest BCUT2D eigenvalue weighted by Crippen LogP contribution is 2.34. The molecule has 2 fully saturated rings. The number of aromatic nitrogens is 2. The number of anilines is 1. The minimum absolute atomic E-state index is 0.150. The SMILES string of the molecule is CCCCCCCCCCCCN1C(=O)C(=Cc2c(N3CCC(C(N)=O)CC3)nc3c(C)cccn3c2=O)SC1=S. The number of unbranched alkanes of at least 4 members (excludes halogenated alkanes) is 9. The maximum Gasteiger partial charge on any atom is 0.267 e. The number of thioether (sulfide) groups is 1. The molecule has 8 nitrogen and oxygen atoms in total. The maximum absolute atomic E-state index is 13.8. The molecular formula is C31H43N5O3S2. The van der Waals surface area contributed by atoms with E-state index in [0.29, 0.717) is 58.7 Å². The Hall–Kier alpha value is -2.72. The van der Waals surface area contributed by atoms with Crippen molar-refractivity contribution >= 4 is 57.7 Å². The molecule has 4 rings (SSSR count). The average Bonchev–Trinajstić information content (AvgIpc) is 3.23. The largest absolute Gasteiger partial charge is 0.369 e. The first-order valence-electron chi connectivity index (χ1n) is 15.1. The van der Waals surface area contributed by atoms with Gasteiger partial charge < -0.3 is 10.6 Å². The first kappa shape index (κ1) is 31.2. The van der Waals surface area contributed by atoms with Crippen LogP contribution in [0.25, 0.3) is 11.7 Å². The van der Waals surface area contributed by atoms with Gasteiger partial charge in [0.05, 0.1) is 10.5 Å². The summed E-state index contributed by atoms with van der Waals surface area (Å²) in [5.74, 6) is -0.0893. The lowest BCUT2D eigenvalue weighted by Gasteiger charge is -2.32. The predicted octanol–water partition coefficient (Wildman–Crippen LogP) is 5.83. The number of amides is 2. The number of carbonyl (C=O) groups excluding carboxylic acids is 2. The van der Waals surface area contributed by atoms with Crippen molar-refractivity contribution in [2.45, 2.75) is 90.9 Å². The van der Waals surface area contributed by atoms with E-state index in [4.69, 9.17) is 22.9 Å². The van der Waals surface area contributed by atoms with Crippen LogP contribution in [0, 0.1) is 12.8 Å². The molecule has 0 spiro atoms. The molecule has 4 heterocycles. The summed E-state index contributed by atoms with van der Waals surface area (Å²) in [5.41, 5.74) is 7.14. The average molecular weight is 598 g/mol. The summed E-state index contributed by atoms with van der Waals surface area (Å²) in [5, 5.41) is 0. The van der Waals surface area contributed by atoms with Gasteiger partial charge in [-0.25, -0.2) is 4.98 Å². The summed E-state index contributed by atoms with van der Waals surface area (Å²) < 4.78 is 2.07. The second-order valence-corrected chi connectivity index (χ2v) is 12.9. The number of nitrogens with two attached hydrogens (primary N) is 1. The van der Waals surface area contributed by atoms with E-state index < -0.39 is 0 Å². The molecule has 0 radical (unpaired) electrons. The maximum atomic E-state index is 13.8. The Morgan fingerprint density at radius 2 is 1.71 bits per heavy atom. The lowest BCUT2D eigenvalue weighted by molar-refractivity contribution is -0.123. The monoisotopic (exact) mass is 597 g/mol. The molecular weight excluding hydrogens is 555 g/mol. The van der Waals surface area contributed by atoms with Crippen LogP contribution in [0.2, 0.25) is 0 Å². The Morgan fingerprint density at radius 1 is 1.07 bits per heavy atom. The molecule has 2 N–H and O–H groups in total. The lowest BCUT2D eigenvalue weighted by atomic mass is 9.96.